The smallest absolute Gasteiger partial charge is 0.422 e. The SMILES string of the molecule is CC(C)(C)OC(=O)NCc1ccc(CNC(=O)N(CCc2ccccc2)C(=O)[C@@H](Cc2ccc(OCC(F)(F)F)cc2)NC(=O)OCc2ccccc2)cc1. The van der Waals surface area contributed by atoms with Gasteiger partial charge in [-0.25, -0.2) is 14.4 Å². The summed E-state index contributed by atoms with van der Waals surface area (Å²) in [4.78, 5) is 54.1. The van der Waals surface area contributed by atoms with Crippen LogP contribution in [0.1, 0.15) is 48.6 Å². The number of alkyl halides is 3. The minimum Gasteiger partial charge on any atom is -0.484 e. The maximum Gasteiger partial charge on any atom is 0.422 e. The maximum atomic E-state index is 14.3. The number of imide groups is 1. The molecule has 5 amide bonds. The van der Waals surface area contributed by atoms with Crippen LogP contribution >= 0.6 is 0 Å². The van der Waals surface area contributed by atoms with Gasteiger partial charge in [0.2, 0.25) is 0 Å². The molecular weight excluding hydrogens is 717 g/mol. The minimum atomic E-state index is -4.52. The second-order valence-corrected chi connectivity index (χ2v) is 13.6. The van der Waals surface area contributed by atoms with Crippen LogP contribution in [0.4, 0.5) is 27.6 Å². The molecule has 0 aliphatic rings. The van der Waals surface area contributed by atoms with E-state index in [4.69, 9.17) is 14.2 Å². The maximum absolute atomic E-state index is 14.3. The van der Waals surface area contributed by atoms with Crippen LogP contribution in [0.3, 0.4) is 0 Å². The number of nitrogens with zero attached hydrogens (tertiary/aromatic N) is 1. The zero-order chi connectivity index (χ0) is 39.8. The Labute approximate surface area is 318 Å². The van der Waals surface area contributed by atoms with Gasteiger partial charge in [-0.3, -0.25) is 9.69 Å². The highest BCUT2D eigenvalue weighted by Crippen LogP contribution is 2.20. The van der Waals surface area contributed by atoms with E-state index in [2.05, 4.69) is 16.0 Å². The standard InChI is InChI=1S/C41H45F3N4O7/c1-40(2,3)55-38(51)46-26-32-16-14-31(15-17-32)25-45-37(50)48(23-22-29-10-6-4-7-11-29)36(49)35(47-39(52)53-27-33-12-8-5-9-13-33)24-30-18-20-34(21-19-30)54-28-41(42,43)44/h4-21,35H,22-28H2,1-3H3,(H,45,50)(H,46,51)(H,47,52)/t35-/m1/s1. The fourth-order valence-corrected chi connectivity index (χ4v) is 5.15. The molecule has 4 aromatic rings. The Bertz CT molecular complexity index is 1830. The van der Waals surface area contributed by atoms with Gasteiger partial charge in [-0.15, -0.1) is 0 Å². The van der Waals surface area contributed by atoms with Gasteiger partial charge in [-0.1, -0.05) is 97.1 Å². The molecule has 0 saturated carbocycles. The number of amides is 5. The molecule has 0 spiro atoms. The summed E-state index contributed by atoms with van der Waals surface area (Å²) in [6.07, 6.45) is -5.78. The van der Waals surface area contributed by atoms with Crippen LogP contribution in [0.15, 0.2) is 109 Å². The third-order valence-electron chi connectivity index (χ3n) is 7.85. The molecule has 55 heavy (non-hydrogen) atoms. The second-order valence-electron chi connectivity index (χ2n) is 13.6. The summed E-state index contributed by atoms with van der Waals surface area (Å²) >= 11 is 0. The largest absolute Gasteiger partial charge is 0.484 e. The highest BCUT2D eigenvalue weighted by molar-refractivity contribution is 5.98. The number of hydrogen-bond acceptors (Lipinski definition) is 7. The lowest BCUT2D eigenvalue weighted by atomic mass is 10.0. The number of hydrogen-bond donors (Lipinski definition) is 3. The first kappa shape index (κ1) is 41.7. The Balaban J connectivity index is 1.49. The van der Waals surface area contributed by atoms with Crippen molar-refractivity contribution in [3.63, 3.8) is 0 Å². The van der Waals surface area contributed by atoms with Gasteiger partial charge >= 0.3 is 24.4 Å². The van der Waals surface area contributed by atoms with E-state index in [1.54, 1.807) is 69.3 Å². The average molecular weight is 763 g/mol. The normalized spacial score (nSPS) is 11.8. The summed E-state index contributed by atoms with van der Waals surface area (Å²) in [6.45, 7) is 4.02. The Morgan fingerprint density at radius 1 is 0.673 bits per heavy atom. The molecule has 4 rings (SSSR count). The molecule has 1 atom stereocenters. The van der Waals surface area contributed by atoms with Crippen molar-refractivity contribution < 1.29 is 46.6 Å². The monoisotopic (exact) mass is 762 g/mol. The third-order valence-corrected chi connectivity index (χ3v) is 7.85. The molecular formula is C41H45F3N4O7. The number of rotatable bonds is 15. The van der Waals surface area contributed by atoms with E-state index in [0.29, 0.717) is 17.5 Å². The van der Waals surface area contributed by atoms with Gasteiger partial charge in [0.15, 0.2) is 6.61 Å². The van der Waals surface area contributed by atoms with E-state index in [0.717, 1.165) is 21.6 Å². The summed E-state index contributed by atoms with van der Waals surface area (Å²) in [5.74, 6) is -0.763. The number of urea groups is 1. The molecule has 0 radical (unpaired) electrons. The van der Waals surface area contributed by atoms with Crippen LogP contribution < -0.4 is 20.7 Å². The Hall–Kier alpha value is -6.05. The lowest BCUT2D eigenvalue weighted by molar-refractivity contribution is -0.153. The molecule has 0 saturated heterocycles. The fraction of sp³-hybridized carbons (Fsp3) is 0.317. The zero-order valence-corrected chi connectivity index (χ0v) is 30.9. The Kier molecular flexibility index (Phi) is 15.1. The molecule has 0 aliphatic carbocycles. The quantitative estimate of drug-likeness (QED) is 0.114. The number of nitrogens with one attached hydrogen (secondary N) is 3. The van der Waals surface area contributed by atoms with E-state index in [-0.39, 0.29) is 38.4 Å². The number of benzene rings is 4. The molecule has 292 valence electrons. The van der Waals surface area contributed by atoms with E-state index < -0.39 is 48.6 Å². The summed E-state index contributed by atoms with van der Waals surface area (Å²) in [7, 11) is 0. The Morgan fingerprint density at radius 2 is 1.22 bits per heavy atom. The topological polar surface area (TPSA) is 135 Å². The van der Waals surface area contributed by atoms with Crippen molar-refractivity contribution in [3.05, 3.63) is 137 Å². The second kappa shape index (κ2) is 19.9. The molecule has 3 N–H and O–H groups in total. The first-order valence-electron chi connectivity index (χ1n) is 17.6. The molecule has 0 bridgehead atoms. The zero-order valence-electron chi connectivity index (χ0n) is 30.9. The average Bonchev–Trinajstić information content (AvgIpc) is 3.15. The number of halogens is 3. The van der Waals surface area contributed by atoms with Crippen LogP contribution in [-0.4, -0.2) is 60.0 Å². The van der Waals surface area contributed by atoms with Gasteiger partial charge in [0.1, 0.15) is 24.0 Å². The number of carbonyl (C=O) groups excluding carboxylic acids is 4. The van der Waals surface area contributed by atoms with Crippen molar-refractivity contribution >= 4 is 24.1 Å². The van der Waals surface area contributed by atoms with Crippen LogP contribution in [-0.2, 0) is 46.8 Å². The van der Waals surface area contributed by atoms with E-state index in [9.17, 15) is 32.3 Å². The molecule has 0 aliphatic heterocycles. The first-order valence-corrected chi connectivity index (χ1v) is 17.6. The van der Waals surface area contributed by atoms with Gasteiger partial charge in [0.05, 0.1) is 0 Å². The molecule has 0 unspecified atom stereocenters. The van der Waals surface area contributed by atoms with Crippen LogP contribution in [0.2, 0.25) is 0 Å². The lowest BCUT2D eigenvalue weighted by Gasteiger charge is -2.27. The van der Waals surface area contributed by atoms with Crippen molar-refractivity contribution in [2.45, 2.75) is 71.1 Å². The lowest BCUT2D eigenvalue weighted by Crippen LogP contribution is -2.54. The summed E-state index contributed by atoms with van der Waals surface area (Å²) in [5.41, 5.74) is 2.94. The van der Waals surface area contributed by atoms with E-state index >= 15 is 0 Å². The summed E-state index contributed by atoms with van der Waals surface area (Å²) < 4.78 is 53.5. The first-order chi connectivity index (χ1) is 26.1. The molecule has 0 heterocycles. The predicted octanol–water partition coefficient (Wildman–Crippen LogP) is 7.47. The highest BCUT2D eigenvalue weighted by atomic mass is 19.4. The van der Waals surface area contributed by atoms with Gasteiger partial charge in [0.25, 0.3) is 5.91 Å². The van der Waals surface area contributed by atoms with E-state index in [1.165, 1.54) is 24.3 Å². The molecule has 4 aromatic carbocycles. The predicted molar refractivity (Wildman–Crippen MR) is 199 cm³/mol. The van der Waals surface area contributed by atoms with Crippen molar-refractivity contribution in [2.24, 2.45) is 0 Å². The molecule has 0 aromatic heterocycles. The van der Waals surface area contributed by atoms with E-state index in [1.807, 2.05) is 36.4 Å². The molecule has 14 heteroatoms. The van der Waals surface area contributed by atoms with Gasteiger partial charge < -0.3 is 30.2 Å². The van der Waals surface area contributed by atoms with Crippen LogP contribution in [0, 0.1) is 0 Å². The van der Waals surface area contributed by atoms with Crippen molar-refractivity contribution in [2.75, 3.05) is 13.2 Å². The van der Waals surface area contributed by atoms with Gasteiger partial charge in [0, 0.05) is 26.1 Å². The van der Waals surface area contributed by atoms with Crippen LogP contribution in [0.5, 0.6) is 5.75 Å². The molecule has 0 fully saturated rings. The van der Waals surface area contributed by atoms with Gasteiger partial charge in [-0.05, 0) is 67.1 Å². The minimum absolute atomic E-state index is 0.0321. The number of alkyl carbamates (subject to hydrolysis) is 2. The Morgan fingerprint density at radius 3 is 1.78 bits per heavy atom. The molecule has 11 nitrogen and oxygen atoms in total. The summed E-state index contributed by atoms with van der Waals surface area (Å²) in [5, 5.41) is 8.07. The third kappa shape index (κ3) is 15.4. The van der Waals surface area contributed by atoms with Crippen molar-refractivity contribution in [1.82, 2.24) is 20.9 Å². The van der Waals surface area contributed by atoms with Crippen molar-refractivity contribution in [1.29, 1.82) is 0 Å². The number of carbonyl (C=O) groups is 4. The van der Waals surface area contributed by atoms with Crippen LogP contribution in [0.25, 0.3) is 0 Å². The van der Waals surface area contributed by atoms with Gasteiger partial charge in [-0.2, -0.15) is 13.2 Å². The highest BCUT2D eigenvalue weighted by Gasteiger charge is 2.31. The number of ether oxygens (including phenoxy) is 3. The van der Waals surface area contributed by atoms with Crippen molar-refractivity contribution in [3.8, 4) is 5.75 Å². The fourth-order valence-electron chi connectivity index (χ4n) is 5.15. The summed E-state index contributed by atoms with van der Waals surface area (Å²) in [6, 6.07) is 28.9.